The average molecular weight is 280 g/mol. The Bertz CT molecular complexity index is 621. The molecular weight excluding hydrogens is 269 g/mol. The van der Waals surface area contributed by atoms with Crippen LogP contribution < -0.4 is 5.73 Å². The van der Waals surface area contributed by atoms with Crippen molar-refractivity contribution in [2.75, 3.05) is 5.73 Å². The lowest BCUT2D eigenvalue weighted by Crippen LogP contribution is -2.10. The standard InChI is InChI=1S/C14H11F3N2O/c15-14(16,17)10-5-3-9(4-6-10)8-12(20)13-11(18)2-1-7-19-13/h1-7H,8,18H2. The van der Waals surface area contributed by atoms with Crippen LogP contribution in [0, 0.1) is 0 Å². The SMILES string of the molecule is Nc1cccnc1C(=O)Cc1ccc(C(F)(F)F)cc1. The van der Waals surface area contributed by atoms with E-state index in [-0.39, 0.29) is 23.6 Å². The molecule has 1 heterocycles. The van der Waals surface area contributed by atoms with E-state index in [2.05, 4.69) is 4.98 Å². The lowest BCUT2D eigenvalue weighted by Gasteiger charge is -2.07. The molecule has 1 aromatic carbocycles. The van der Waals surface area contributed by atoms with Crippen molar-refractivity contribution in [3.05, 3.63) is 59.4 Å². The number of carbonyl (C=O) groups is 1. The zero-order valence-electron chi connectivity index (χ0n) is 10.3. The highest BCUT2D eigenvalue weighted by Gasteiger charge is 2.30. The first-order valence-electron chi connectivity index (χ1n) is 5.78. The average Bonchev–Trinajstić information content (AvgIpc) is 2.38. The first-order chi connectivity index (χ1) is 9.38. The Morgan fingerprint density at radius 1 is 1.15 bits per heavy atom. The van der Waals surface area contributed by atoms with Gasteiger partial charge in [-0.3, -0.25) is 9.78 Å². The smallest absolute Gasteiger partial charge is 0.397 e. The van der Waals surface area contributed by atoms with E-state index in [1.165, 1.54) is 18.3 Å². The Hall–Kier alpha value is -2.37. The van der Waals surface area contributed by atoms with Crippen LogP contribution in [0.15, 0.2) is 42.6 Å². The Kier molecular flexibility index (Phi) is 3.74. The zero-order valence-corrected chi connectivity index (χ0v) is 10.3. The molecule has 1 aromatic heterocycles. The molecule has 0 atom stereocenters. The van der Waals surface area contributed by atoms with Crippen LogP contribution in [0.25, 0.3) is 0 Å². The van der Waals surface area contributed by atoms with Gasteiger partial charge < -0.3 is 5.73 Å². The summed E-state index contributed by atoms with van der Waals surface area (Å²) < 4.78 is 37.2. The van der Waals surface area contributed by atoms with Gasteiger partial charge >= 0.3 is 6.18 Å². The summed E-state index contributed by atoms with van der Waals surface area (Å²) in [6.45, 7) is 0. The number of pyridine rings is 1. The Morgan fingerprint density at radius 3 is 2.35 bits per heavy atom. The van der Waals surface area contributed by atoms with Gasteiger partial charge in [-0.15, -0.1) is 0 Å². The van der Waals surface area contributed by atoms with E-state index in [4.69, 9.17) is 5.73 Å². The van der Waals surface area contributed by atoms with Gasteiger partial charge in [0.1, 0.15) is 5.69 Å². The molecule has 20 heavy (non-hydrogen) atoms. The summed E-state index contributed by atoms with van der Waals surface area (Å²) in [5, 5.41) is 0. The second kappa shape index (κ2) is 5.32. The number of rotatable bonds is 3. The van der Waals surface area contributed by atoms with E-state index in [1.54, 1.807) is 12.1 Å². The number of ketones is 1. The number of hydrogen-bond donors (Lipinski definition) is 1. The van der Waals surface area contributed by atoms with E-state index < -0.39 is 11.7 Å². The van der Waals surface area contributed by atoms with Crippen molar-refractivity contribution in [2.24, 2.45) is 0 Å². The van der Waals surface area contributed by atoms with E-state index >= 15 is 0 Å². The summed E-state index contributed by atoms with van der Waals surface area (Å²) in [6.07, 6.45) is -2.98. The number of hydrogen-bond acceptors (Lipinski definition) is 3. The second-order valence-electron chi connectivity index (χ2n) is 4.24. The van der Waals surface area contributed by atoms with Crippen LogP contribution in [-0.4, -0.2) is 10.8 Å². The van der Waals surface area contributed by atoms with Crippen molar-refractivity contribution >= 4 is 11.5 Å². The van der Waals surface area contributed by atoms with E-state index in [0.717, 1.165) is 12.1 Å². The maximum Gasteiger partial charge on any atom is 0.416 e. The lowest BCUT2D eigenvalue weighted by molar-refractivity contribution is -0.137. The zero-order chi connectivity index (χ0) is 14.8. The number of anilines is 1. The number of Topliss-reactive ketones (excluding diaryl/α,β-unsaturated/α-hetero) is 1. The largest absolute Gasteiger partial charge is 0.416 e. The predicted octanol–water partition coefficient (Wildman–Crippen LogP) is 3.11. The minimum Gasteiger partial charge on any atom is -0.397 e. The summed E-state index contributed by atoms with van der Waals surface area (Å²) in [7, 11) is 0. The highest BCUT2D eigenvalue weighted by atomic mass is 19.4. The molecule has 104 valence electrons. The minimum atomic E-state index is -4.38. The molecular formula is C14H11F3N2O. The molecule has 0 amide bonds. The summed E-state index contributed by atoms with van der Waals surface area (Å²) in [5.74, 6) is -0.331. The molecule has 0 saturated carbocycles. The topological polar surface area (TPSA) is 56.0 Å². The number of nitrogen functional groups attached to an aromatic ring is 1. The van der Waals surface area contributed by atoms with Gasteiger partial charge in [0.15, 0.2) is 5.78 Å². The van der Waals surface area contributed by atoms with Crippen LogP contribution in [0.4, 0.5) is 18.9 Å². The monoisotopic (exact) mass is 280 g/mol. The molecule has 6 heteroatoms. The molecule has 2 rings (SSSR count). The van der Waals surface area contributed by atoms with Crippen molar-refractivity contribution < 1.29 is 18.0 Å². The fourth-order valence-electron chi connectivity index (χ4n) is 1.73. The van der Waals surface area contributed by atoms with Crippen LogP contribution >= 0.6 is 0 Å². The van der Waals surface area contributed by atoms with Gasteiger partial charge in [-0.1, -0.05) is 12.1 Å². The molecule has 0 fully saturated rings. The van der Waals surface area contributed by atoms with Crippen molar-refractivity contribution in [1.29, 1.82) is 0 Å². The molecule has 0 saturated heterocycles. The number of benzene rings is 1. The highest BCUT2D eigenvalue weighted by molar-refractivity contribution is 5.99. The van der Waals surface area contributed by atoms with Gasteiger partial charge in [0, 0.05) is 12.6 Å². The number of nitrogens with zero attached hydrogens (tertiary/aromatic N) is 1. The first kappa shape index (κ1) is 14.0. The van der Waals surface area contributed by atoms with Gasteiger partial charge in [0.25, 0.3) is 0 Å². The quantitative estimate of drug-likeness (QED) is 0.879. The molecule has 0 unspecified atom stereocenters. The highest BCUT2D eigenvalue weighted by Crippen LogP contribution is 2.29. The normalized spacial score (nSPS) is 11.3. The van der Waals surface area contributed by atoms with Gasteiger partial charge in [-0.05, 0) is 29.8 Å². The molecule has 0 spiro atoms. The third-order valence-corrected chi connectivity index (χ3v) is 2.75. The second-order valence-corrected chi connectivity index (χ2v) is 4.24. The molecule has 3 nitrogen and oxygen atoms in total. The molecule has 0 radical (unpaired) electrons. The number of nitrogens with two attached hydrogens (primary N) is 1. The fourth-order valence-corrected chi connectivity index (χ4v) is 1.73. The lowest BCUT2D eigenvalue weighted by atomic mass is 10.0. The summed E-state index contributed by atoms with van der Waals surface area (Å²) in [4.78, 5) is 15.8. The van der Waals surface area contributed by atoms with Crippen LogP contribution in [-0.2, 0) is 12.6 Å². The number of carbonyl (C=O) groups excluding carboxylic acids is 1. The molecule has 2 N–H and O–H groups in total. The van der Waals surface area contributed by atoms with Crippen LogP contribution in [0.3, 0.4) is 0 Å². The third-order valence-electron chi connectivity index (χ3n) is 2.75. The van der Waals surface area contributed by atoms with E-state index in [1.807, 2.05) is 0 Å². The number of alkyl halides is 3. The molecule has 0 aliphatic carbocycles. The van der Waals surface area contributed by atoms with Crippen LogP contribution in [0.5, 0.6) is 0 Å². The maximum atomic E-state index is 12.4. The first-order valence-corrected chi connectivity index (χ1v) is 5.78. The minimum absolute atomic E-state index is 0.0423. The summed E-state index contributed by atoms with van der Waals surface area (Å²) in [6, 6.07) is 7.60. The van der Waals surface area contributed by atoms with Crippen molar-refractivity contribution in [3.8, 4) is 0 Å². The van der Waals surface area contributed by atoms with Gasteiger partial charge in [0.2, 0.25) is 0 Å². The molecule has 0 bridgehead atoms. The van der Waals surface area contributed by atoms with Crippen molar-refractivity contribution in [2.45, 2.75) is 12.6 Å². The Balaban J connectivity index is 2.15. The maximum absolute atomic E-state index is 12.4. The van der Waals surface area contributed by atoms with Crippen LogP contribution in [0.1, 0.15) is 21.6 Å². The van der Waals surface area contributed by atoms with Gasteiger partial charge in [-0.2, -0.15) is 13.2 Å². The van der Waals surface area contributed by atoms with Gasteiger partial charge in [-0.25, -0.2) is 0 Å². The van der Waals surface area contributed by atoms with Crippen molar-refractivity contribution in [1.82, 2.24) is 4.98 Å². The summed E-state index contributed by atoms with van der Waals surface area (Å²) >= 11 is 0. The van der Waals surface area contributed by atoms with Gasteiger partial charge in [0.05, 0.1) is 11.3 Å². The van der Waals surface area contributed by atoms with Crippen molar-refractivity contribution in [3.63, 3.8) is 0 Å². The van der Waals surface area contributed by atoms with Crippen LogP contribution in [0.2, 0.25) is 0 Å². The molecule has 2 aromatic rings. The predicted molar refractivity (Wildman–Crippen MR) is 68.1 cm³/mol. The Labute approximate surface area is 113 Å². The Morgan fingerprint density at radius 2 is 1.80 bits per heavy atom. The third kappa shape index (κ3) is 3.14. The molecule has 0 aliphatic heterocycles. The number of halogens is 3. The van der Waals surface area contributed by atoms with E-state index in [9.17, 15) is 18.0 Å². The van der Waals surface area contributed by atoms with E-state index in [0.29, 0.717) is 5.56 Å². The number of aromatic nitrogens is 1. The molecule has 0 aliphatic rings. The summed E-state index contributed by atoms with van der Waals surface area (Å²) in [5.41, 5.74) is 5.75. The fraction of sp³-hybridized carbons (Fsp3) is 0.143.